The first-order valence-corrected chi connectivity index (χ1v) is 7.46. The summed E-state index contributed by atoms with van der Waals surface area (Å²) in [4.78, 5) is 11.5. The summed E-state index contributed by atoms with van der Waals surface area (Å²) in [6.07, 6.45) is 1.67. The largest absolute Gasteiger partial charge is 0.369 e. The number of carbonyl (C=O) groups excluding carboxylic acids is 1. The molecule has 6 heteroatoms. The highest BCUT2D eigenvalue weighted by Gasteiger charge is 2.30. The fraction of sp³-hybridized carbons (Fsp3) is 0.417. The van der Waals surface area contributed by atoms with Crippen LogP contribution in [0.3, 0.4) is 0 Å². The molecule has 100 valence electrons. The Kier molecular flexibility index (Phi) is 4.01. The summed E-state index contributed by atoms with van der Waals surface area (Å²) in [5.41, 5.74) is 5.91. The normalized spacial score (nSPS) is 14.8. The molecule has 0 aliphatic carbocycles. The zero-order valence-electron chi connectivity index (χ0n) is 10.7. The Hall–Kier alpha value is -1.56. The van der Waals surface area contributed by atoms with Crippen LogP contribution in [0.2, 0.25) is 0 Å². The number of rotatable bonds is 5. The van der Waals surface area contributed by atoms with Crippen LogP contribution >= 0.6 is 0 Å². The van der Waals surface area contributed by atoms with Gasteiger partial charge in [-0.2, -0.15) is 0 Å². The topological polar surface area (TPSA) is 89.3 Å². The summed E-state index contributed by atoms with van der Waals surface area (Å²) in [5.74, 6) is -0.395. The van der Waals surface area contributed by atoms with E-state index in [4.69, 9.17) is 5.73 Å². The van der Waals surface area contributed by atoms with Gasteiger partial charge in [-0.15, -0.1) is 0 Å². The van der Waals surface area contributed by atoms with Crippen molar-refractivity contribution in [1.29, 1.82) is 0 Å². The molecule has 0 radical (unpaired) electrons. The van der Waals surface area contributed by atoms with E-state index in [0.717, 1.165) is 11.8 Å². The van der Waals surface area contributed by atoms with Crippen molar-refractivity contribution in [2.75, 3.05) is 11.0 Å². The first kappa shape index (κ1) is 14.5. The van der Waals surface area contributed by atoms with Crippen LogP contribution in [0.4, 0.5) is 5.69 Å². The third-order valence-corrected chi connectivity index (χ3v) is 3.68. The molecule has 0 aliphatic rings. The number of hydrogen-bond acceptors (Lipinski definition) is 3. The van der Waals surface area contributed by atoms with Gasteiger partial charge in [0.25, 0.3) is 0 Å². The van der Waals surface area contributed by atoms with Gasteiger partial charge in [0.2, 0.25) is 15.9 Å². The van der Waals surface area contributed by atoms with E-state index >= 15 is 0 Å². The standard InChI is InChI=1S/C12H18N2O3S/c1-4-12(2,11(13)15)9-5-7-10(8-6-9)14-18(3,16)17/h5-8,14H,4H2,1-3H3,(H2,13,15). The number of sulfonamides is 1. The van der Waals surface area contributed by atoms with Gasteiger partial charge in [-0.05, 0) is 31.0 Å². The van der Waals surface area contributed by atoms with E-state index in [-0.39, 0.29) is 0 Å². The van der Waals surface area contributed by atoms with E-state index in [2.05, 4.69) is 4.72 Å². The van der Waals surface area contributed by atoms with Crippen LogP contribution in [0, 0.1) is 0 Å². The minimum atomic E-state index is -3.29. The molecule has 1 amide bonds. The molecule has 0 saturated heterocycles. The lowest BCUT2D eigenvalue weighted by atomic mass is 9.79. The zero-order chi connectivity index (χ0) is 14.0. The first-order valence-electron chi connectivity index (χ1n) is 5.57. The number of carbonyl (C=O) groups is 1. The average Bonchev–Trinajstić information content (AvgIpc) is 2.26. The Labute approximate surface area is 107 Å². The van der Waals surface area contributed by atoms with Gasteiger partial charge >= 0.3 is 0 Å². The number of benzene rings is 1. The molecule has 0 aromatic heterocycles. The van der Waals surface area contributed by atoms with Crippen molar-refractivity contribution in [2.45, 2.75) is 25.7 Å². The Balaban J connectivity index is 3.06. The lowest BCUT2D eigenvalue weighted by molar-refractivity contribution is -0.123. The molecule has 1 unspecified atom stereocenters. The minimum absolute atomic E-state index is 0.395. The van der Waals surface area contributed by atoms with E-state index < -0.39 is 21.3 Å². The van der Waals surface area contributed by atoms with Gasteiger partial charge in [0, 0.05) is 5.69 Å². The van der Waals surface area contributed by atoms with E-state index in [1.54, 1.807) is 31.2 Å². The third kappa shape index (κ3) is 3.22. The molecular formula is C12H18N2O3S. The molecule has 5 nitrogen and oxygen atoms in total. The van der Waals surface area contributed by atoms with Crippen LogP contribution in [0.1, 0.15) is 25.8 Å². The lowest BCUT2D eigenvalue weighted by Gasteiger charge is -2.25. The van der Waals surface area contributed by atoms with Crippen molar-refractivity contribution in [3.63, 3.8) is 0 Å². The van der Waals surface area contributed by atoms with Gasteiger partial charge in [-0.1, -0.05) is 19.1 Å². The summed E-state index contributed by atoms with van der Waals surface area (Å²) >= 11 is 0. The number of primary amides is 1. The van der Waals surface area contributed by atoms with E-state index in [9.17, 15) is 13.2 Å². The molecule has 0 fully saturated rings. The Morgan fingerprint density at radius 2 is 1.83 bits per heavy atom. The van der Waals surface area contributed by atoms with Crippen LogP contribution in [0.15, 0.2) is 24.3 Å². The Bertz CT molecular complexity index is 537. The van der Waals surface area contributed by atoms with Crippen molar-refractivity contribution in [1.82, 2.24) is 0 Å². The predicted molar refractivity (Wildman–Crippen MR) is 71.7 cm³/mol. The highest BCUT2D eigenvalue weighted by atomic mass is 32.2. The SMILES string of the molecule is CCC(C)(C(N)=O)c1ccc(NS(C)(=O)=O)cc1. The van der Waals surface area contributed by atoms with Crippen LogP contribution in [-0.4, -0.2) is 20.6 Å². The predicted octanol–water partition coefficient (Wildman–Crippen LogP) is 1.21. The molecule has 0 saturated carbocycles. The monoisotopic (exact) mass is 270 g/mol. The third-order valence-electron chi connectivity index (χ3n) is 3.08. The second-order valence-corrected chi connectivity index (χ2v) is 6.25. The number of nitrogens with one attached hydrogen (secondary N) is 1. The summed E-state index contributed by atoms with van der Waals surface area (Å²) in [5, 5.41) is 0. The average molecular weight is 270 g/mol. The quantitative estimate of drug-likeness (QED) is 0.842. The molecule has 0 aliphatic heterocycles. The van der Waals surface area contributed by atoms with Gasteiger partial charge < -0.3 is 5.73 Å². The molecule has 1 aromatic rings. The fourth-order valence-corrected chi connectivity index (χ4v) is 2.21. The van der Waals surface area contributed by atoms with Crippen molar-refractivity contribution in [3.8, 4) is 0 Å². The van der Waals surface area contributed by atoms with E-state index in [0.29, 0.717) is 12.1 Å². The smallest absolute Gasteiger partial charge is 0.229 e. The maximum Gasteiger partial charge on any atom is 0.229 e. The van der Waals surface area contributed by atoms with Crippen LogP contribution < -0.4 is 10.5 Å². The summed E-state index contributed by atoms with van der Waals surface area (Å²) in [7, 11) is -3.29. The molecule has 18 heavy (non-hydrogen) atoms. The van der Waals surface area contributed by atoms with Crippen LogP contribution in [-0.2, 0) is 20.2 Å². The highest BCUT2D eigenvalue weighted by Crippen LogP contribution is 2.28. The molecule has 1 atom stereocenters. The van der Waals surface area contributed by atoms with Gasteiger partial charge in [0.1, 0.15) is 0 Å². The molecular weight excluding hydrogens is 252 g/mol. The van der Waals surface area contributed by atoms with Crippen molar-refractivity contribution < 1.29 is 13.2 Å². The van der Waals surface area contributed by atoms with Crippen molar-refractivity contribution in [3.05, 3.63) is 29.8 Å². The highest BCUT2D eigenvalue weighted by molar-refractivity contribution is 7.92. The van der Waals surface area contributed by atoms with Gasteiger partial charge in [0.05, 0.1) is 11.7 Å². The minimum Gasteiger partial charge on any atom is -0.369 e. The number of anilines is 1. The van der Waals surface area contributed by atoms with Gasteiger partial charge in [-0.3, -0.25) is 9.52 Å². The van der Waals surface area contributed by atoms with Crippen LogP contribution in [0.5, 0.6) is 0 Å². The molecule has 1 aromatic carbocycles. The fourth-order valence-electron chi connectivity index (χ4n) is 1.64. The van der Waals surface area contributed by atoms with Crippen molar-refractivity contribution in [2.24, 2.45) is 5.73 Å². The second kappa shape index (κ2) is 4.97. The number of amides is 1. The maximum absolute atomic E-state index is 11.5. The van der Waals surface area contributed by atoms with E-state index in [1.807, 2.05) is 6.92 Å². The molecule has 3 N–H and O–H groups in total. The van der Waals surface area contributed by atoms with Gasteiger partial charge in [0.15, 0.2) is 0 Å². The number of nitrogens with two attached hydrogens (primary N) is 1. The molecule has 0 spiro atoms. The van der Waals surface area contributed by atoms with E-state index in [1.165, 1.54) is 0 Å². The zero-order valence-corrected chi connectivity index (χ0v) is 11.5. The summed E-state index contributed by atoms with van der Waals surface area (Å²) in [6, 6.07) is 6.66. The molecule has 0 bridgehead atoms. The Morgan fingerprint density at radius 1 is 1.33 bits per heavy atom. The molecule has 1 rings (SSSR count). The second-order valence-electron chi connectivity index (χ2n) is 4.50. The molecule has 0 heterocycles. The first-order chi connectivity index (χ1) is 8.19. The van der Waals surface area contributed by atoms with Crippen LogP contribution in [0.25, 0.3) is 0 Å². The maximum atomic E-state index is 11.5. The summed E-state index contributed by atoms with van der Waals surface area (Å²) in [6.45, 7) is 3.65. The Morgan fingerprint density at radius 3 is 2.17 bits per heavy atom. The van der Waals surface area contributed by atoms with Gasteiger partial charge in [-0.25, -0.2) is 8.42 Å². The van der Waals surface area contributed by atoms with Crippen molar-refractivity contribution >= 4 is 21.6 Å². The summed E-state index contributed by atoms with van der Waals surface area (Å²) < 4.78 is 24.5. The number of hydrogen-bond donors (Lipinski definition) is 2. The lowest BCUT2D eigenvalue weighted by Crippen LogP contribution is -2.37.